The third kappa shape index (κ3) is 3.90. The Labute approximate surface area is 116 Å². The van der Waals surface area contributed by atoms with Gasteiger partial charge in [0.2, 0.25) is 5.91 Å². The zero-order chi connectivity index (χ0) is 13.1. The van der Waals surface area contributed by atoms with E-state index in [2.05, 4.69) is 5.32 Å². The molecule has 104 valence electrons. The van der Waals surface area contributed by atoms with Crippen LogP contribution in [0.5, 0.6) is 0 Å². The molecule has 0 saturated heterocycles. The van der Waals surface area contributed by atoms with Crippen LogP contribution in [0.15, 0.2) is 24.3 Å². The Kier molecular flexibility index (Phi) is 5.26. The summed E-state index contributed by atoms with van der Waals surface area (Å²) in [5.41, 5.74) is 6.17. The first-order valence-electron chi connectivity index (χ1n) is 5.87. The number of non-ortho nitro benzene ring substituents is 1. The number of carbonyl (C=O) groups excluding carboxylic acids is 1. The molecule has 7 heteroatoms. The summed E-state index contributed by atoms with van der Waals surface area (Å²) in [6.45, 7) is 0. The third-order valence-corrected chi connectivity index (χ3v) is 3.17. The first-order valence-corrected chi connectivity index (χ1v) is 5.87. The minimum Gasteiger partial charge on any atom is -0.328 e. The van der Waals surface area contributed by atoms with Crippen molar-refractivity contribution < 1.29 is 9.72 Å². The smallest absolute Gasteiger partial charge is 0.271 e. The molecule has 0 radical (unpaired) electrons. The highest BCUT2D eigenvalue weighted by Gasteiger charge is 2.27. The first-order chi connectivity index (χ1) is 8.56. The van der Waals surface area contributed by atoms with Crippen molar-refractivity contribution in [3.8, 4) is 0 Å². The van der Waals surface area contributed by atoms with Gasteiger partial charge in [0.25, 0.3) is 5.69 Å². The second-order valence-electron chi connectivity index (χ2n) is 4.57. The molecule has 0 aliphatic heterocycles. The number of nitrogens with one attached hydrogen (secondary N) is 1. The molecule has 0 bridgehead atoms. The predicted molar refractivity (Wildman–Crippen MR) is 74.3 cm³/mol. The van der Waals surface area contributed by atoms with Crippen molar-refractivity contribution in [3.05, 3.63) is 34.4 Å². The van der Waals surface area contributed by atoms with Gasteiger partial charge < -0.3 is 11.1 Å². The molecule has 0 heterocycles. The Morgan fingerprint density at radius 3 is 2.74 bits per heavy atom. The lowest BCUT2D eigenvalue weighted by molar-refractivity contribution is -0.384. The highest BCUT2D eigenvalue weighted by atomic mass is 35.5. The number of carbonyl (C=O) groups is 1. The van der Waals surface area contributed by atoms with Crippen molar-refractivity contribution in [3.63, 3.8) is 0 Å². The number of halogens is 1. The lowest BCUT2D eigenvalue weighted by Crippen LogP contribution is -2.23. The summed E-state index contributed by atoms with van der Waals surface area (Å²) in [6.07, 6.45) is 2.32. The zero-order valence-corrected chi connectivity index (χ0v) is 11.1. The van der Waals surface area contributed by atoms with Gasteiger partial charge in [0, 0.05) is 29.8 Å². The fourth-order valence-corrected chi connectivity index (χ4v) is 2.20. The van der Waals surface area contributed by atoms with Crippen LogP contribution in [0.1, 0.15) is 19.3 Å². The molecule has 0 spiro atoms. The topological polar surface area (TPSA) is 98.3 Å². The van der Waals surface area contributed by atoms with E-state index in [0.29, 0.717) is 12.1 Å². The number of nitro benzene ring substituents is 1. The van der Waals surface area contributed by atoms with E-state index in [1.165, 1.54) is 12.1 Å². The molecule has 0 aromatic heterocycles. The second kappa shape index (κ2) is 6.49. The monoisotopic (exact) mass is 285 g/mol. The van der Waals surface area contributed by atoms with Gasteiger partial charge in [0.05, 0.1) is 4.92 Å². The van der Waals surface area contributed by atoms with Crippen LogP contribution in [0.2, 0.25) is 0 Å². The largest absolute Gasteiger partial charge is 0.328 e. The number of anilines is 1. The Bertz CT molecular complexity index is 481. The van der Waals surface area contributed by atoms with Crippen molar-refractivity contribution in [1.82, 2.24) is 0 Å². The van der Waals surface area contributed by atoms with E-state index in [1.54, 1.807) is 12.1 Å². The minimum absolute atomic E-state index is 0. The maximum atomic E-state index is 11.9. The molecule has 19 heavy (non-hydrogen) atoms. The number of hydrogen-bond acceptors (Lipinski definition) is 4. The SMILES string of the molecule is Cl.NC1CCC(C(=O)Nc2cccc([N+](=O)[O-])c2)C1. The number of amides is 1. The van der Waals surface area contributed by atoms with Crippen LogP contribution >= 0.6 is 12.4 Å². The van der Waals surface area contributed by atoms with Gasteiger partial charge in [-0.2, -0.15) is 0 Å². The number of rotatable bonds is 3. The normalized spacial score (nSPS) is 21.5. The number of nitrogens with zero attached hydrogens (tertiary/aromatic N) is 1. The Hall–Kier alpha value is -1.66. The van der Waals surface area contributed by atoms with E-state index in [9.17, 15) is 14.9 Å². The average Bonchev–Trinajstić information content (AvgIpc) is 2.76. The maximum absolute atomic E-state index is 11.9. The van der Waals surface area contributed by atoms with Crippen LogP contribution in [0.25, 0.3) is 0 Å². The fourth-order valence-electron chi connectivity index (χ4n) is 2.20. The van der Waals surface area contributed by atoms with E-state index in [1.807, 2.05) is 0 Å². The Morgan fingerprint density at radius 2 is 2.16 bits per heavy atom. The first kappa shape index (κ1) is 15.4. The molecule has 1 aromatic carbocycles. The molecule has 1 amide bonds. The second-order valence-corrected chi connectivity index (χ2v) is 4.57. The van der Waals surface area contributed by atoms with Crippen molar-refractivity contribution >= 4 is 29.7 Å². The molecule has 2 rings (SSSR count). The van der Waals surface area contributed by atoms with Gasteiger partial charge in [-0.15, -0.1) is 12.4 Å². The van der Waals surface area contributed by atoms with Crippen LogP contribution < -0.4 is 11.1 Å². The molecule has 2 atom stereocenters. The molecule has 6 nitrogen and oxygen atoms in total. The van der Waals surface area contributed by atoms with Gasteiger partial charge in [-0.05, 0) is 25.3 Å². The van der Waals surface area contributed by atoms with E-state index in [-0.39, 0.29) is 36.0 Å². The number of benzene rings is 1. The van der Waals surface area contributed by atoms with Gasteiger partial charge in [0.1, 0.15) is 0 Å². The average molecular weight is 286 g/mol. The Morgan fingerprint density at radius 1 is 1.42 bits per heavy atom. The van der Waals surface area contributed by atoms with Crippen LogP contribution in [0, 0.1) is 16.0 Å². The summed E-state index contributed by atoms with van der Waals surface area (Å²) in [6, 6.07) is 6.02. The van der Waals surface area contributed by atoms with E-state index >= 15 is 0 Å². The van der Waals surface area contributed by atoms with Crippen LogP contribution in [-0.4, -0.2) is 16.9 Å². The molecular weight excluding hydrogens is 270 g/mol. The number of nitrogens with two attached hydrogens (primary N) is 1. The molecule has 1 aromatic rings. The van der Waals surface area contributed by atoms with Crippen molar-refractivity contribution in [2.45, 2.75) is 25.3 Å². The molecule has 3 N–H and O–H groups in total. The van der Waals surface area contributed by atoms with Gasteiger partial charge >= 0.3 is 0 Å². The molecular formula is C12H16ClN3O3. The van der Waals surface area contributed by atoms with Crippen molar-refractivity contribution in [2.24, 2.45) is 11.7 Å². The summed E-state index contributed by atoms with van der Waals surface area (Å²) >= 11 is 0. The minimum atomic E-state index is -0.485. The summed E-state index contributed by atoms with van der Waals surface area (Å²) in [4.78, 5) is 22.0. The van der Waals surface area contributed by atoms with Crippen molar-refractivity contribution in [1.29, 1.82) is 0 Å². The lowest BCUT2D eigenvalue weighted by atomic mass is 10.1. The number of hydrogen-bond donors (Lipinski definition) is 2. The van der Waals surface area contributed by atoms with E-state index in [0.717, 1.165) is 12.8 Å². The molecule has 1 aliphatic rings. The van der Waals surface area contributed by atoms with Crippen molar-refractivity contribution in [2.75, 3.05) is 5.32 Å². The van der Waals surface area contributed by atoms with Crippen LogP contribution in [0.3, 0.4) is 0 Å². The van der Waals surface area contributed by atoms with E-state index < -0.39 is 4.92 Å². The fraction of sp³-hybridized carbons (Fsp3) is 0.417. The molecule has 1 saturated carbocycles. The number of nitro groups is 1. The summed E-state index contributed by atoms with van der Waals surface area (Å²) in [5, 5.41) is 13.3. The lowest BCUT2D eigenvalue weighted by Gasteiger charge is -2.10. The maximum Gasteiger partial charge on any atom is 0.271 e. The zero-order valence-electron chi connectivity index (χ0n) is 10.2. The standard InChI is InChI=1S/C12H15N3O3.ClH/c13-9-5-4-8(6-9)12(16)14-10-2-1-3-11(7-10)15(17)18;/h1-3,7-9H,4-6,13H2,(H,14,16);1H. The molecule has 1 aliphatic carbocycles. The highest BCUT2D eigenvalue weighted by Crippen LogP contribution is 2.26. The summed E-state index contributed by atoms with van der Waals surface area (Å²) in [7, 11) is 0. The summed E-state index contributed by atoms with van der Waals surface area (Å²) in [5.74, 6) is -0.192. The van der Waals surface area contributed by atoms with Gasteiger partial charge in [0.15, 0.2) is 0 Å². The third-order valence-electron chi connectivity index (χ3n) is 3.17. The quantitative estimate of drug-likeness (QED) is 0.656. The van der Waals surface area contributed by atoms with Gasteiger partial charge in [-0.25, -0.2) is 0 Å². The Balaban J connectivity index is 0.00000180. The predicted octanol–water partition coefficient (Wildman–Crippen LogP) is 2.08. The van der Waals surface area contributed by atoms with Gasteiger partial charge in [-0.1, -0.05) is 6.07 Å². The van der Waals surface area contributed by atoms with Crippen LogP contribution in [0.4, 0.5) is 11.4 Å². The summed E-state index contributed by atoms with van der Waals surface area (Å²) < 4.78 is 0. The molecule has 2 unspecified atom stereocenters. The molecule has 1 fully saturated rings. The highest BCUT2D eigenvalue weighted by molar-refractivity contribution is 5.93. The van der Waals surface area contributed by atoms with Crippen LogP contribution in [-0.2, 0) is 4.79 Å². The van der Waals surface area contributed by atoms with Gasteiger partial charge in [-0.3, -0.25) is 14.9 Å². The van der Waals surface area contributed by atoms with E-state index in [4.69, 9.17) is 5.73 Å².